The number of benzene rings is 1. The molecule has 3 rings (SSSR count). The van der Waals surface area contributed by atoms with Crippen LogP contribution in [0, 0.1) is 5.92 Å². The predicted octanol–water partition coefficient (Wildman–Crippen LogP) is 1.76. The number of nitrogens with one attached hydrogen (secondary N) is 1. The van der Waals surface area contributed by atoms with Crippen LogP contribution in [0.2, 0.25) is 0 Å². The van der Waals surface area contributed by atoms with Crippen molar-refractivity contribution in [2.45, 2.75) is 25.8 Å². The highest BCUT2D eigenvalue weighted by Gasteiger charge is 2.30. The van der Waals surface area contributed by atoms with Crippen molar-refractivity contribution in [2.75, 3.05) is 13.1 Å². The number of para-hydroxylation sites is 1. The van der Waals surface area contributed by atoms with Crippen molar-refractivity contribution in [3.05, 3.63) is 30.0 Å². The highest BCUT2D eigenvalue weighted by atomic mass is 16.2. The maximum atomic E-state index is 12.8. The van der Waals surface area contributed by atoms with Gasteiger partial charge in [0.05, 0.1) is 17.3 Å². The molecule has 0 bridgehead atoms. The molecule has 2 atom stereocenters. The number of hydrogen-bond acceptors (Lipinski definition) is 3. The second kappa shape index (κ2) is 5.25. The van der Waals surface area contributed by atoms with E-state index in [2.05, 4.69) is 17.1 Å². The molecule has 1 fully saturated rings. The van der Waals surface area contributed by atoms with Crippen molar-refractivity contribution in [1.29, 1.82) is 0 Å². The number of nitrogens with two attached hydrogens (primary N) is 1. The number of H-pyrrole nitrogens is 1. The summed E-state index contributed by atoms with van der Waals surface area (Å²) in [5.74, 6) is 0.692. The first-order chi connectivity index (χ1) is 9.70. The van der Waals surface area contributed by atoms with E-state index in [0.29, 0.717) is 18.0 Å². The van der Waals surface area contributed by atoms with Crippen LogP contribution in [0.1, 0.15) is 30.1 Å². The summed E-state index contributed by atoms with van der Waals surface area (Å²) < 4.78 is 0. The fourth-order valence-corrected chi connectivity index (χ4v) is 3.04. The van der Waals surface area contributed by atoms with Gasteiger partial charge in [-0.15, -0.1) is 0 Å². The zero-order valence-corrected chi connectivity index (χ0v) is 11.7. The number of amides is 1. The number of likely N-dealkylation sites (tertiary alicyclic amines) is 1. The third kappa shape index (κ3) is 2.18. The van der Waals surface area contributed by atoms with Gasteiger partial charge in [0, 0.05) is 24.5 Å². The van der Waals surface area contributed by atoms with Crippen LogP contribution in [0.25, 0.3) is 10.9 Å². The fraction of sp³-hybridized carbons (Fsp3) is 0.467. The Hall–Kier alpha value is -1.88. The molecule has 5 heteroatoms. The zero-order chi connectivity index (χ0) is 14.1. The molecular formula is C15H20N4O. The molecule has 3 N–H and O–H groups in total. The third-order valence-corrected chi connectivity index (χ3v) is 4.22. The minimum Gasteiger partial charge on any atom is -0.334 e. The molecule has 0 aliphatic carbocycles. The summed E-state index contributed by atoms with van der Waals surface area (Å²) in [5.41, 5.74) is 7.35. The average Bonchev–Trinajstić information content (AvgIpc) is 2.94. The molecule has 0 saturated carbocycles. The van der Waals surface area contributed by atoms with Crippen molar-refractivity contribution < 1.29 is 4.79 Å². The van der Waals surface area contributed by atoms with Crippen LogP contribution in [0.5, 0.6) is 0 Å². The van der Waals surface area contributed by atoms with Crippen molar-refractivity contribution in [3.8, 4) is 0 Å². The van der Waals surface area contributed by atoms with Gasteiger partial charge in [0.1, 0.15) is 0 Å². The molecule has 1 amide bonds. The monoisotopic (exact) mass is 272 g/mol. The standard InChI is InChI=1S/C15H20N4O/c1-10-5-6-19(12(7-10)8-16)15(20)13-4-2-3-11-9-17-18-14(11)13/h2-4,9-10,12H,5-8,16H2,1H3,(H,17,18). The summed E-state index contributed by atoms with van der Waals surface area (Å²) in [6, 6.07) is 5.85. The first-order valence-corrected chi connectivity index (χ1v) is 7.14. The van der Waals surface area contributed by atoms with Crippen molar-refractivity contribution in [2.24, 2.45) is 11.7 Å². The molecule has 1 aliphatic heterocycles. The molecule has 2 aromatic rings. The van der Waals surface area contributed by atoms with E-state index in [-0.39, 0.29) is 11.9 Å². The average molecular weight is 272 g/mol. The number of rotatable bonds is 2. The lowest BCUT2D eigenvalue weighted by molar-refractivity contribution is 0.0575. The second-order valence-electron chi connectivity index (χ2n) is 5.66. The molecule has 1 aromatic carbocycles. The van der Waals surface area contributed by atoms with Crippen LogP contribution in [0.15, 0.2) is 24.4 Å². The number of fused-ring (bicyclic) bond motifs is 1. The first kappa shape index (κ1) is 13.1. The van der Waals surface area contributed by atoms with E-state index in [1.807, 2.05) is 23.1 Å². The number of carbonyl (C=O) groups is 1. The Bertz CT molecular complexity index is 621. The largest absolute Gasteiger partial charge is 0.334 e. The molecule has 2 heterocycles. The van der Waals surface area contributed by atoms with Crippen LogP contribution in [0.3, 0.4) is 0 Å². The van der Waals surface area contributed by atoms with Crippen LogP contribution in [-0.4, -0.2) is 40.1 Å². The van der Waals surface area contributed by atoms with Gasteiger partial charge in [0.25, 0.3) is 5.91 Å². The Kier molecular flexibility index (Phi) is 3.44. The van der Waals surface area contributed by atoms with E-state index in [0.717, 1.165) is 30.3 Å². The predicted molar refractivity (Wildman–Crippen MR) is 78.4 cm³/mol. The lowest BCUT2D eigenvalue weighted by atomic mass is 9.91. The maximum absolute atomic E-state index is 12.8. The summed E-state index contributed by atoms with van der Waals surface area (Å²) in [5, 5.41) is 7.90. The highest BCUT2D eigenvalue weighted by molar-refractivity contribution is 6.05. The highest BCUT2D eigenvalue weighted by Crippen LogP contribution is 2.25. The van der Waals surface area contributed by atoms with Gasteiger partial charge in [0.15, 0.2) is 0 Å². The fourth-order valence-electron chi connectivity index (χ4n) is 3.04. The van der Waals surface area contributed by atoms with E-state index < -0.39 is 0 Å². The Balaban J connectivity index is 1.93. The molecule has 1 aliphatic rings. The van der Waals surface area contributed by atoms with Crippen LogP contribution >= 0.6 is 0 Å². The molecule has 106 valence electrons. The summed E-state index contributed by atoms with van der Waals surface area (Å²) in [6.45, 7) is 3.53. The number of nitrogens with zero attached hydrogens (tertiary/aromatic N) is 2. The van der Waals surface area contributed by atoms with Crippen LogP contribution in [0.4, 0.5) is 0 Å². The summed E-state index contributed by atoms with van der Waals surface area (Å²) in [6.07, 6.45) is 3.77. The first-order valence-electron chi connectivity index (χ1n) is 7.14. The van der Waals surface area contributed by atoms with Gasteiger partial charge in [-0.25, -0.2) is 0 Å². The smallest absolute Gasteiger partial charge is 0.256 e. The summed E-state index contributed by atoms with van der Waals surface area (Å²) in [7, 11) is 0. The third-order valence-electron chi connectivity index (χ3n) is 4.22. The van der Waals surface area contributed by atoms with Crippen molar-refractivity contribution in [3.63, 3.8) is 0 Å². The molecule has 1 aromatic heterocycles. The Morgan fingerprint density at radius 1 is 1.55 bits per heavy atom. The number of carbonyl (C=O) groups excluding carboxylic acids is 1. The summed E-state index contributed by atoms with van der Waals surface area (Å²) >= 11 is 0. The van der Waals surface area contributed by atoms with E-state index in [1.54, 1.807) is 6.20 Å². The van der Waals surface area contributed by atoms with Gasteiger partial charge in [-0.1, -0.05) is 19.1 Å². The number of aromatic nitrogens is 2. The zero-order valence-electron chi connectivity index (χ0n) is 11.7. The quantitative estimate of drug-likeness (QED) is 0.874. The van der Waals surface area contributed by atoms with Gasteiger partial charge in [-0.05, 0) is 24.8 Å². The molecular weight excluding hydrogens is 252 g/mol. The number of piperidine rings is 1. The van der Waals surface area contributed by atoms with Gasteiger partial charge >= 0.3 is 0 Å². The van der Waals surface area contributed by atoms with Gasteiger partial charge in [0.2, 0.25) is 0 Å². The molecule has 20 heavy (non-hydrogen) atoms. The topological polar surface area (TPSA) is 75.0 Å². The van der Waals surface area contributed by atoms with E-state index >= 15 is 0 Å². The Morgan fingerprint density at radius 2 is 2.40 bits per heavy atom. The SMILES string of the molecule is CC1CCN(C(=O)c2cccc3cn[nH]c23)C(CN)C1. The second-order valence-corrected chi connectivity index (χ2v) is 5.66. The van der Waals surface area contributed by atoms with Crippen molar-refractivity contribution in [1.82, 2.24) is 15.1 Å². The number of hydrogen-bond donors (Lipinski definition) is 2. The van der Waals surface area contributed by atoms with E-state index in [9.17, 15) is 4.79 Å². The summed E-state index contributed by atoms with van der Waals surface area (Å²) in [4.78, 5) is 14.7. The lowest BCUT2D eigenvalue weighted by Crippen LogP contribution is -2.49. The molecule has 2 unspecified atom stereocenters. The van der Waals surface area contributed by atoms with E-state index in [4.69, 9.17) is 5.73 Å². The minimum absolute atomic E-state index is 0.0576. The molecule has 5 nitrogen and oxygen atoms in total. The van der Waals surface area contributed by atoms with Gasteiger partial charge in [-0.2, -0.15) is 5.10 Å². The Labute approximate surface area is 118 Å². The number of aromatic amines is 1. The molecule has 1 saturated heterocycles. The van der Waals surface area contributed by atoms with Gasteiger partial charge < -0.3 is 10.6 Å². The lowest BCUT2D eigenvalue weighted by Gasteiger charge is -2.38. The van der Waals surface area contributed by atoms with E-state index in [1.165, 1.54) is 0 Å². The van der Waals surface area contributed by atoms with Crippen LogP contribution in [-0.2, 0) is 0 Å². The van der Waals surface area contributed by atoms with Crippen molar-refractivity contribution >= 4 is 16.8 Å². The normalized spacial score (nSPS) is 23.2. The maximum Gasteiger partial charge on any atom is 0.256 e. The minimum atomic E-state index is 0.0576. The van der Waals surface area contributed by atoms with Gasteiger partial charge in [-0.3, -0.25) is 9.89 Å². The van der Waals surface area contributed by atoms with Crippen LogP contribution < -0.4 is 5.73 Å². The molecule has 0 spiro atoms. The Morgan fingerprint density at radius 3 is 3.20 bits per heavy atom. The molecule has 0 radical (unpaired) electrons.